The summed E-state index contributed by atoms with van der Waals surface area (Å²) in [6, 6.07) is 20.7. The van der Waals surface area contributed by atoms with Crippen LogP contribution in [0.15, 0.2) is 60.7 Å². The summed E-state index contributed by atoms with van der Waals surface area (Å²) in [5, 5.41) is 28.8. The first-order valence-electron chi connectivity index (χ1n) is 9.08. The number of aliphatic carboxylic acids is 1. The number of carbonyl (C=O) groups is 1. The third kappa shape index (κ3) is 4.52. The quantitative estimate of drug-likeness (QED) is 0.625. The fraction of sp³-hybridized carbons (Fsp3) is 0.333. The highest BCUT2D eigenvalue weighted by molar-refractivity contribution is 5.76. The minimum atomic E-state index is -0.925. The number of nitriles is 1. The summed E-state index contributed by atoms with van der Waals surface area (Å²) in [6.07, 6.45) is -0.388. The molecule has 3 rings (SSSR count). The van der Waals surface area contributed by atoms with Crippen LogP contribution in [0.4, 0.5) is 0 Å². The smallest absolute Gasteiger partial charge is 0.321 e. The lowest BCUT2D eigenvalue weighted by molar-refractivity contribution is -0.140. The van der Waals surface area contributed by atoms with Crippen LogP contribution in [0.5, 0.6) is 0 Å². The summed E-state index contributed by atoms with van der Waals surface area (Å²) >= 11 is 0. The van der Waals surface area contributed by atoms with Crippen molar-refractivity contribution < 1.29 is 9.90 Å². The Balaban J connectivity index is 1.88. The molecule has 1 saturated heterocycles. The van der Waals surface area contributed by atoms with Gasteiger partial charge in [0.1, 0.15) is 12.3 Å². The van der Waals surface area contributed by atoms with Crippen molar-refractivity contribution in [3.63, 3.8) is 0 Å². The fourth-order valence-corrected chi connectivity index (χ4v) is 3.51. The third-order valence-electron chi connectivity index (χ3n) is 5.00. The maximum absolute atomic E-state index is 12.2. The molecule has 6 nitrogen and oxygen atoms in total. The second-order valence-electron chi connectivity index (χ2n) is 6.81. The molecule has 27 heavy (non-hydrogen) atoms. The van der Waals surface area contributed by atoms with Crippen molar-refractivity contribution in [1.29, 1.82) is 5.26 Å². The van der Waals surface area contributed by atoms with E-state index in [9.17, 15) is 9.90 Å². The summed E-state index contributed by atoms with van der Waals surface area (Å²) in [7, 11) is 0. The first kappa shape index (κ1) is 19.1. The minimum absolute atomic E-state index is 0.0323. The van der Waals surface area contributed by atoms with Crippen LogP contribution in [0.2, 0.25) is 0 Å². The molecule has 0 spiro atoms. The van der Waals surface area contributed by atoms with E-state index in [4.69, 9.17) is 5.26 Å². The average Bonchev–Trinajstić information content (AvgIpc) is 2.69. The predicted molar refractivity (Wildman–Crippen MR) is 103 cm³/mol. The second-order valence-corrected chi connectivity index (χ2v) is 6.81. The van der Waals surface area contributed by atoms with E-state index >= 15 is 0 Å². The van der Waals surface area contributed by atoms with Crippen molar-refractivity contribution in [3.05, 3.63) is 71.8 Å². The van der Waals surface area contributed by atoms with Gasteiger partial charge in [-0.25, -0.2) is 0 Å². The monoisotopic (exact) mass is 364 g/mol. The number of benzene rings is 2. The van der Waals surface area contributed by atoms with Crippen LogP contribution in [0.1, 0.15) is 24.0 Å². The fourth-order valence-electron chi connectivity index (χ4n) is 3.51. The van der Waals surface area contributed by atoms with Gasteiger partial charge < -0.3 is 5.11 Å². The number of rotatable bonds is 6. The summed E-state index contributed by atoms with van der Waals surface area (Å²) in [5.41, 5.74) is 1.87. The molecule has 1 heterocycles. The second kappa shape index (κ2) is 8.78. The van der Waals surface area contributed by atoms with Gasteiger partial charge in [-0.3, -0.25) is 20.7 Å². The van der Waals surface area contributed by atoms with E-state index in [2.05, 4.69) is 22.0 Å². The Morgan fingerprint density at radius 3 is 2.15 bits per heavy atom. The van der Waals surface area contributed by atoms with E-state index in [1.807, 2.05) is 67.6 Å². The summed E-state index contributed by atoms with van der Waals surface area (Å²) in [5.74, 6) is -1.42. The SMILES string of the molecule is CC1NC(NC(C(=O)O)C(c2ccccc2)c2ccccc2)NCC1C#N. The maximum atomic E-state index is 12.2. The molecule has 1 fully saturated rings. The van der Waals surface area contributed by atoms with E-state index in [1.165, 1.54) is 0 Å². The van der Waals surface area contributed by atoms with Gasteiger partial charge in [0.2, 0.25) is 0 Å². The van der Waals surface area contributed by atoms with Gasteiger partial charge in [0.15, 0.2) is 0 Å². The van der Waals surface area contributed by atoms with Crippen LogP contribution in [0, 0.1) is 17.2 Å². The Hall–Kier alpha value is -2.72. The van der Waals surface area contributed by atoms with Crippen molar-refractivity contribution in [2.45, 2.75) is 31.2 Å². The molecule has 4 unspecified atom stereocenters. The van der Waals surface area contributed by atoms with Crippen molar-refractivity contribution in [2.24, 2.45) is 5.92 Å². The van der Waals surface area contributed by atoms with Gasteiger partial charge in [-0.15, -0.1) is 0 Å². The molecule has 0 radical (unpaired) electrons. The van der Waals surface area contributed by atoms with Crippen LogP contribution in [-0.2, 0) is 4.79 Å². The number of nitrogens with zero attached hydrogens (tertiary/aromatic N) is 1. The molecule has 2 aromatic carbocycles. The zero-order valence-corrected chi connectivity index (χ0v) is 15.2. The average molecular weight is 364 g/mol. The van der Waals surface area contributed by atoms with Gasteiger partial charge >= 0.3 is 5.97 Å². The summed E-state index contributed by atoms with van der Waals surface area (Å²) < 4.78 is 0. The highest BCUT2D eigenvalue weighted by atomic mass is 16.4. The summed E-state index contributed by atoms with van der Waals surface area (Å²) in [6.45, 7) is 2.45. The third-order valence-corrected chi connectivity index (χ3v) is 5.00. The first-order valence-corrected chi connectivity index (χ1v) is 9.08. The Morgan fingerprint density at radius 1 is 1.15 bits per heavy atom. The molecule has 4 atom stereocenters. The van der Waals surface area contributed by atoms with Gasteiger partial charge in [-0.2, -0.15) is 5.26 Å². The number of carboxylic acid groups (broad SMARTS) is 1. The number of hydrogen-bond donors (Lipinski definition) is 4. The van der Waals surface area contributed by atoms with Crippen LogP contribution >= 0.6 is 0 Å². The normalized spacial score (nSPS) is 23.5. The highest BCUT2D eigenvalue weighted by Crippen LogP contribution is 2.28. The lowest BCUT2D eigenvalue weighted by Gasteiger charge is -2.37. The standard InChI is InChI=1S/C21H24N4O2/c1-14-17(12-22)13-23-21(24-14)25-19(20(26)27)18(15-8-4-2-5-9-15)16-10-6-3-7-11-16/h2-11,14,17-19,21,23-25H,13H2,1H3,(H,26,27). The van der Waals surface area contributed by atoms with Crippen molar-refractivity contribution in [2.75, 3.05) is 6.54 Å². The molecular formula is C21H24N4O2. The lowest BCUT2D eigenvalue weighted by atomic mass is 9.85. The van der Waals surface area contributed by atoms with Crippen LogP contribution in [-0.4, -0.2) is 36.0 Å². The molecular weight excluding hydrogens is 340 g/mol. The van der Waals surface area contributed by atoms with Gasteiger partial charge in [0.25, 0.3) is 0 Å². The molecule has 0 amide bonds. The molecule has 4 N–H and O–H groups in total. The van der Waals surface area contributed by atoms with E-state index in [0.29, 0.717) is 6.54 Å². The Labute approximate surface area is 159 Å². The Morgan fingerprint density at radius 2 is 1.70 bits per heavy atom. The van der Waals surface area contributed by atoms with E-state index < -0.39 is 12.0 Å². The number of carboxylic acids is 1. The first-order chi connectivity index (χ1) is 13.1. The van der Waals surface area contributed by atoms with Crippen molar-refractivity contribution >= 4 is 5.97 Å². The molecule has 0 aliphatic carbocycles. The molecule has 140 valence electrons. The van der Waals surface area contributed by atoms with E-state index in [1.54, 1.807) is 0 Å². The van der Waals surface area contributed by atoms with Crippen LogP contribution < -0.4 is 16.0 Å². The van der Waals surface area contributed by atoms with E-state index in [-0.39, 0.29) is 24.2 Å². The molecule has 0 bridgehead atoms. The van der Waals surface area contributed by atoms with Crippen molar-refractivity contribution in [1.82, 2.24) is 16.0 Å². The number of hydrogen-bond acceptors (Lipinski definition) is 5. The minimum Gasteiger partial charge on any atom is -0.480 e. The Kier molecular flexibility index (Phi) is 6.20. The van der Waals surface area contributed by atoms with Gasteiger partial charge in [-0.05, 0) is 18.1 Å². The van der Waals surface area contributed by atoms with Gasteiger partial charge in [0.05, 0.1) is 12.0 Å². The van der Waals surface area contributed by atoms with Gasteiger partial charge in [-0.1, -0.05) is 60.7 Å². The van der Waals surface area contributed by atoms with Crippen molar-refractivity contribution in [3.8, 4) is 6.07 Å². The van der Waals surface area contributed by atoms with Gasteiger partial charge in [0, 0.05) is 18.5 Å². The molecule has 1 aliphatic heterocycles. The number of nitrogens with one attached hydrogen (secondary N) is 3. The summed E-state index contributed by atoms with van der Waals surface area (Å²) in [4.78, 5) is 12.2. The van der Waals surface area contributed by atoms with E-state index in [0.717, 1.165) is 11.1 Å². The van der Waals surface area contributed by atoms with Crippen LogP contribution in [0.25, 0.3) is 0 Å². The Bertz CT molecular complexity index is 751. The topological polar surface area (TPSA) is 97.2 Å². The highest BCUT2D eigenvalue weighted by Gasteiger charge is 2.35. The molecule has 1 aliphatic rings. The zero-order valence-electron chi connectivity index (χ0n) is 15.2. The molecule has 0 aromatic heterocycles. The zero-order chi connectivity index (χ0) is 19.2. The molecule has 6 heteroatoms. The maximum Gasteiger partial charge on any atom is 0.321 e. The largest absolute Gasteiger partial charge is 0.480 e. The molecule has 0 saturated carbocycles. The van der Waals surface area contributed by atoms with Crippen LogP contribution in [0.3, 0.4) is 0 Å². The molecule has 2 aromatic rings. The predicted octanol–water partition coefficient (Wildman–Crippen LogP) is 1.87. The lowest BCUT2D eigenvalue weighted by Crippen LogP contribution is -2.66.